The first kappa shape index (κ1) is 22.4. The Morgan fingerprint density at radius 3 is 2.61 bits per heavy atom. The second-order valence-electron chi connectivity index (χ2n) is 6.77. The number of benzene rings is 2. The van der Waals surface area contributed by atoms with Crippen molar-refractivity contribution in [2.24, 2.45) is 0 Å². The van der Waals surface area contributed by atoms with E-state index >= 15 is 0 Å². The zero-order valence-corrected chi connectivity index (χ0v) is 17.2. The molecular weight excluding hydrogens is 378 g/mol. The fraction of sp³-hybridized carbons (Fsp3) is 0.409. The van der Waals surface area contributed by atoms with Gasteiger partial charge in [-0.1, -0.05) is 42.8 Å². The molecular formula is C22H28ClNO4. The Morgan fingerprint density at radius 1 is 1.18 bits per heavy atom. The highest BCUT2D eigenvalue weighted by molar-refractivity contribution is 6.30. The van der Waals surface area contributed by atoms with Crippen LogP contribution in [0.4, 0.5) is 0 Å². The van der Waals surface area contributed by atoms with Crippen LogP contribution in [0.5, 0.6) is 5.75 Å². The molecule has 0 saturated carbocycles. The minimum atomic E-state index is -1.20. The number of hydrogen-bond acceptors (Lipinski definition) is 5. The molecule has 5 nitrogen and oxygen atoms in total. The van der Waals surface area contributed by atoms with E-state index in [0.29, 0.717) is 42.5 Å². The van der Waals surface area contributed by atoms with Crippen molar-refractivity contribution >= 4 is 17.4 Å². The van der Waals surface area contributed by atoms with E-state index < -0.39 is 5.72 Å². The fourth-order valence-electron chi connectivity index (χ4n) is 2.67. The second kappa shape index (κ2) is 11.2. The predicted octanol–water partition coefficient (Wildman–Crippen LogP) is 3.71. The molecule has 1 atom stereocenters. The van der Waals surface area contributed by atoms with E-state index in [2.05, 4.69) is 5.32 Å². The highest BCUT2D eigenvalue weighted by atomic mass is 35.5. The third-order valence-electron chi connectivity index (χ3n) is 4.16. The van der Waals surface area contributed by atoms with Crippen molar-refractivity contribution in [3.63, 3.8) is 0 Å². The second-order valence-corrected chi connectivity index (χ2v) is 7.21. The molecule has 6 heteroatoms. The van der Waals surface area contributed by atoms with E-state index in [1.54, 1.807) is 25.1 Å². The van der Waals surface area contributed by atoms with Crippen molar-refractivity contribution in [2.45, 2.75) is 32.4 Å². The summed E-state index contributed by atoms with van der Waals surface area (Å²) in [5, 5.41) is 14.2. The number of nitrogens with one attached hydrogen (secondary N) is 1. The van der Waals surface area contributed by atoms with Crippen LogP contribution in [-0.2, 0) is 21.7 Å². The lowest BCUT2D eigenvalue weighted by molar-refractivity contribution is -0.122. The molecule has 0 aliphatic rings. The van der Waals surface area contributed by atoms with E-state index in [1.807, 2.05) is 37.3 Å². The summed E-state index contributed by atoms with van der Waals surface area (Å²) in [6.45, 7) is 5.29. The molecule has 0 spiro atoms. The van der Waals surface area contributed by atoms with Crippen molar-refractivity contribution < 1.29 is 19.4 Å². The van der Waals surface area contributed by atoms with Gasteiger partial charge in [-0.15, -0.1) is 0 Å². The lowest BCUT2D eigenvalue weighted by atomic mass is 10.1. The molecule has 0 bridgehead atoms. The van der Waals surface area contributed by atoms with Gasteiger partial charge in [0.1, 0.15) is 24.7 Å². The van der Waals surface area contributed by atoms with E-state index in [0.717, 1.165) is 12.0 Å². The number of ketones is 1. The molecule has 1 unspecified atom stereocenters. The van der Waals surface area contributed by atoms with Crippen LogP contribution in [0.3, 0.4) is 0 Å². The third-order valence-corrected chi connectivity index (χ3v) is 4.40. The average molecular weight is 406 g/mol. The molecule has 152 valence electrons. The van der Waals surface area contributed by atoms with Crippen LogP contribution in [0.1, 0.15) is 31.4 Å². The average Bonchev–Trinajstić information content (AvgIpc) is 2.67. The molecule has 2 aromatic carbocycles. The summed E-state index contributed by atoms with van der Waals surface area (Å²) in [4.78, 5) is 11.8. The summed E-state index contributed by atoms with van der Waals surface area (Å²) in [5.74, 6) is 0.775. The first-order valence-electron chi connectivity index (χ1n) is 9.45. The van der Waals surface area contributed by atoms with Crippen molar-refractivity contribution in [1.82, 2.24) is 5.32 Å². The van der Waals surface area contributed by atoms with Crippen molar-refractivity contribution in [3.05, 3.63) is 64.7 Å². The zero-order valence-electron chi connectivity index (χ0n) is 16.4. The van der Waals surface area contributed by atoms with Gasteiger partial charge in [0.15, 0.2) is 5.78 Å². The van der Waals surface area contributed by atoms with Gasteiger partial charge >= 0.3 is 0 Å². The summed E-state index contributed by atoms with van der Waals surface area (Å²) < 4.78 is 11.0. The molecule has 0 saturated heterocycles. The van der Waals surface area contributed by atoms with Crippen LogP contribution >= 0.6 is 11.6 Å². The summed E-state index contributed by atoms with van der Waals surface area (Å²) in [5.41, 5.74) is 0.426. The van der Waals surface area contributed by atoms with Gasteiger partial charge in [0.05, 0.1) is 0 Å². The smallest absolute Gasteiger partial charge is 0.162 e. The summed E-state index contributed by atoms with van der Waals surface area (Å²) >= 11 is 5.98. The molecule has 2 rings (SSSR count). The van der Waals surface area contributed by atoms with Gasteiger partial charge in [0, 0.05) is 24.6 Å². The SMILES string of the molecule is CCCOCC(=O)Cc1ccc(OCCNC(C)(O)c2cccc(Cl)c2)cc1. The van der Waals surface area contributed by atoms with Gasteiger partial charge in [-0.2, -0.15) is 0 Å². The molecule has 0 fully saturated rings. The van der Waals surface area contributed by atoms with Crippen molar-refractivity contribution in [1.29, 1.82) is 0 Å². The van der Waals surface area contributed by atoms with Crippen molar-refractivity contribution in [2.75, 3.05) is 26.4 Å². The number of aliphatic hydroxyl groups is 1. The Bertz CT molecular complexity index is 746. The number of ether oxygens (including phenoxy) is 2. The predicted molar refractivity (Wildman–Crippen MR) is 111 cm³/mol. The number of hydrogen-bond donors (Lipinski definition) is 2. The largest absolute Gasteiger partial charge is 0.492 e. The van der Waals surface area contributed by atoms with Gasteiger partial charge in [-0.05, 0) is 48.7 Å². The topological polar surface area (TPSA) is 67.8 Å². The monoisotopic (exact) mass is 405 g/mol. The van der Waals surface area contributed by atoms with E-state index in [4.69, 9.17) is 21.1 Å². The highest BCUT2D eigenvalue weighted by Gasteiger charge is 2.22. The number of carbonyl (C=O) groups is 1. The minimum absolute atomic E-state index is 0.0644. The number of carbonyl (C=O) groups excluding carboxylic acids is 1. The molecule has 0 aliphatic heterocycles. The maximum absolute atomic E-state index is 11.8. The number of halogens is 1. The summed E-state index contributed by atoms with van der Waals surface area (Å²) in [7, 11) is 0. The van der Waals surface area contributed by atoms with Crippen LogP contribution in [0, 0.1) is 0 Å². The Balaban J connectivity index is 1.73. The lowest BCUT2D eigenvalue weighted by Crippen LogP contribution is -2.41. The highest BCUT2D eigenvalue weighted by Crippen LogP contribution is 2.21. The molecule has 0 radical (unpaired) electrons. The molecule has 0 amide bonds. The zero-order chi connectivity index (χ0) is 20.4. The Morgan fingerprint density at radius 2 is 1.93 bits per heavy atom. The lowest BCUT2D eigenvalue weighted by Gasteiger charge is -2.25. The van der Waals surface area contributed by atoms with Gasteiger partial charge in [-0.25, -0.2) is 0 Å². The van der Waals surface area contributed by atoms with Gasteiger partial charge in [0.2, 0.25) is 0 Å². The van der Waals surface area contributed by atoms with Crippen LogP contribution in [-0.4, -0.2) is 37.3 Å². The normalized spacial score (nSPS) is 13.1. The summed E-state index contributed by atoms with van der Waals surface area (Å²) in [6, 6.07) is 14.5. The van der Waals surface area contributed by atoms with E-state index in [-0.39, 0.29) is 12.4 Å². The van der Waals surface area contributed by atoms with Crippen LogP contribution < -0.4 is 10.1 Å². The quantitative estimate of drug-likeness (QED) is 0.416. The van der Waals surface area contributed by atoms with E-state index in [9.17, 15) is 9.90 Å². The van der Waals surface area contributed by atoms with Crippen LogP contribution in [0.2, 0.25) is 5.02 Å². The first-order chi connectivity index (χ1) is 13.4. The van der Waals surface area contributed by atoms with Crippen molar-refractivity contribution in [3.8, 4) is 5.75 Å². The van der Waals surface area contributed by atoms with Gasteiger partial charge in [0.25, 0.3) is 0 Å². The van der Waals surface area contributed by atoms with E-state index in [1.165, 1.54) is 0 Å². The Labute approximate surface area is 171 Å². The summed E-state index contributed by atoms with van der Waals surface area (Å²) in [6.07, 6.45) is 1.26. The standard InChI is InChI=1S/C22H28ClNO4/c1-3-12-27-16-20(25)14-17-7-9-21(10-8-17)28-13-11-24-22(2,26)18-5-4-6-19(23)15-18/h4-10,15,24,26H,3,11-14,16H2,1-2H3. The molecule has 28 heavy (non-hydrogen) atoms. The maximum Gasteiger partial charge on any atom is 0.162 e. The number of Topliss-reactive ketones (excluding diaryl/α,β-unsaturated/α-hetero) is 1. The van der Waals surface area contributed by atoms with Gasteiger partial charge in [-0.3, -0.25) is 10.1 Å². The minimum Gasteiger partial charge on any atom is -0.492 e. The fourth-order valence-corrected chi connectivity index (χ4v) is 2.86. The number of rotatable bonds is 12. The molecule has 0 aromatic heterocycles. The molecule has 2 aromatic rings. The molecule has 0 heterocycles. The Hall–Kier alpha value is -1.92. The molecule has 0 aliphatic carbocycles. The van der Waals surface area contributed by atoms with Crippen LogP contribution in [0.15, 0.2) is 48.5 Å². The van der Waals surface area contributed by atoms with Gasteiger partial charge < -0.3 is 14.6 Å². The third kappa shape index (κ3) is 7.60. The van der Waals surface area contributed by atoms with Crippen LogP contribution in [0.25, 0.3) is 0 Å². The molecule has 2 N–H and O–H groups in total. The first-order valence-corrected chi connectivity index (χ1v) is 9.83. The Kier molecular flexibility index (Phi) is 8.93. The maximum atomic E-state index is 11.8.